The van der Waals surface area contributed by atoms with Gasteiger partial charge in [-0.25, -0.2) is 8.42 Å². The molecule has 1 aliphatic heterocycles. The van der Waals surface area contributed by atoms with E-state index in [0.29, 0.717) is 24.0 Å². The van der Waals surface area contributed by atoms with Gasteiger partial charge in [0.15, 0.2) is 0 Å². The number of nitrogens with one attached hydrogen (secondary N) is 1. The second-order valence-electron chi connectivity index (χ2n) is 4.86. The number of sulfonamides is 1. The molecule has 1 amide bonds. The van der Waals surface area contributed by atoms with Gasteiger partial charge in [-0.3, -0.25) is 4.79 Å². The van der Waals surface area contributed by atoms with Gasteiger partial charge in [0.05, 0.1) is 9.77 Å². The Labute approximate surface area is 135 Å². The van der Waals surface area contributed by atoms with Crippen LogP contribution in [0.3, 0.4) is 0 Å². The molecule has 2 heterocycles. The van der Waals surface area contributed by atoms with E-state index >= 15 is 0 Å². The summed E-state index contributed by atoms with van der Waals surface area (Å²) in [5, 5.41) is 3.17. The monoisotopic (exact) mass is 353 g/mol. The highest BCUT2D eigenvalue weighted by Crippen LogP contribution is 2.29. The number of amides is 1. The molecule has 9 heteroatoms. The third-order valence-electron chi connectivity index (χ3n) is 3.60. The first-order valence-electron chi connectivity index (χ1n) is 6.44. The van der Waals surface area contributed by atoms with Gasteiger partial charge in [-0.15, -0.1) is 23.7 Å². The summed E-state index contributed by atoms with van der Waals surface area (Å²) in [4.78, 5) is 12.3. The maximum atomic E-state index is 12.6. The number of aryl methyl sites for hydroxylation is 1. The Balaban J connectivity index is 0.00000220. The summed E-state index contributed by atoms with van der Waals surface area (Å²) < 4.78 is 26.7. The Hall–Kier alpha value is -0.670. The summed E-state index contributed by atoms with van der Waals surface area (Å²) in [5.74, 6) is -0.589. The summed E-state index contributed by atoms with van der Waals surface area (Å²) in [5.41, 5.74) is 5.21. The molecule has 6 nitrogen and oxygen atoms in total. The largest absolute Gasteiger partial charge is 0.365 e. The lowest BCUT2D eigenvalue weighted by molar-refractivity contribution is 0.100. The lowest BCUT2D eigenvalue weighted by atomic mass is 10.1. The van der Waals surface area contributed by atoms with Crippen molar-refractivity contribution >= 4 is 39.7 Å². The van der Waals surface area contributed by atoms with Crippen molar-refractivity contribution < 1.29 is 13.2 Å². The zero-order valence-electron chi connectivity index (χ0n) is 12.0. The van der Waals surface area contributed by atoms with Crippen molar-refractivity contribution in [3.8, 4) is 0 Å². The van der Waals surface area contributed by atoms with E-state index < -0.39 is 15.9 Å². The molecule has 0 aromatic carbocycles. The summed E-state index contributed by atoms with van der Waals surface area (Å²) in [6, 6.07) is 1.76. The van der Waals surface area contributed by atoms with Gasteiger partial charge in [0, 0.05) is 24.0 Å². The quantitative estimate of drug-likeness (QED) is 0.842. The molecule has 3 N–H and O–H groups in total. The van der Waals surface area contributed by atoms with Gasteiger partial charge in [0.25, 0.3) is 5.91 Å². The first-order chi connectivity index (χ1) is 9.36. The molecule has 2 rings (SSSR count). The third-order valence-corrected chi connectivity index (χ3v) is 6.81. The molecule has 0 saturated carbocycles. The molecule has 1 saturated heterocycles. The molecule has 0 spiro atoms. The number of carbonyl (C=O) groups is 1. The van der Waals surface area contributed by atoms with E-state index in [9.17, 15) is 13.2 Å². The van der Waals surface area contributed by atoms with Crippen LogP contribution in [0.5, 0.6) is 0 Å². The number of hydrogen-bond donors (Lipinski definition) is 2. The van der Waals surface area contributed by atoms with Crippen LogP contribution in [0, 0.1) is 6.92 Å². The SMILES string of the molecule is CNC1CCN(S(=O)(=O)c2cc(C(N)=O)sc2C)CC1.Cl. The molecule has 21 heavy (non-hydrogen) atoms. The van der Waals surface area contributed by atoms with E-state index in [-0.39, 0.29) is 22.2 Å². The van der Waals surface area contributed by atoms with Crippen LogP contribution in [0.4, 0.5) is 0 Å². The van der Waals surface area contributed by atoms with E-state index in [4.69, 9.17) is 5.73 Å². The van der Waals surface area contributed by atoms with Gasteiger partial charge in [0.1, 0.15) is 0 Å². The molecule has 0 aliphatic carbocycles. The second-order valence-corrected chi connectivity index (χ2v) is 8.03. The number of primary amides is 1. The second kappa shape index (κ2) is 7.06. The molecule has 1 fully saturated rings. The van der Waals surface area contributed by atoms with Crippen LogP contribution >= 0.6 is 23.7 Å². The van der Waals surface area contributed by atoms with Crippen molar-refractivity contribution in [3.63, 3.8) is 0 Å². The molecule has 0 unspecified atom stereocenters. The zero-order valence-corrected chi connectivity index (χ0v) is 14.4. The molecule has 0 radical (unpaired) electrons. The van der Waals surface area contributed by atoms with E-state index in [0.717, 1.165) is 24.2 Å². The first-order valence-corrected chi connectivity index (χ1v) is 8.69. The molecule has 1 aliphatic rings. The minimum Gasteiger partial charge on any atom is -0.365 e. The number of halogens is 1. The standard InChI is InChI=1S/C12H19N3O3S2.ClH/c1-8-11(7-10(19-8)12(13)16)20(17,18)15-5-3-9(14-2)4-6-15;/h7,9,14H,3-6H2,1-2H3,(H2,13,16);1H. The van der Waals surface area contributed by atoms with Gasteiger partial charge in [-0.05, 0) is 32.9 Å². The van der Waals surface area contributed by atoms with Crippen LogP contribution < -0.4 is 11.1 Å². The first kappa shape index (κ1) is 18.4. The van der Waals surface area contributed by atoms with E-state index in [1.165, 1.54) is 10.4 Å². The number of piperidine rings is 1. The van der Waals surface area contributed by atoms with Crippen LogP contribution in [0.2, 0.25) is 0 Å². The Morgan fingerprint density at radius 1 is 1.43 bits per heavy atom. The van der Waals surface area contributed by atoms with Gasteiger partial charge in [0.2, 0.25) is 10.0 Å². The van der Waals surface area contributed by atoms with Crippen LogP contribution in [-0.2, 0) is 10.0 Å². The lowest BCUT2D eigenvalue weighted by Gasteiger charge is -2.30. The van der Waals surface area contributed by atoms with Crippen LogP contribution in [0.1, 0.15) is 27.4 Å². The minimum atomic E-state index is -3.53. The minimum absolute atomic E-state index is 0. The summed E-state index contributed by atoms with van der Waals surface area (Å²) >= 11 is 1.13. The Kier molecular flexibility index (Phi) is 6.18. The number of hydrogen-bond acceptors (Lipinski definition) is 5. The van der Waals surface area contributed by atoms with Crippen LogP contribution in [0.15, 0.2) is 11.0 Å². The summed E-state index contributed by atoms with van der Waals surface area (Å²) in [7, 11) is -1.64. The predicted octanol–water partition coefficient (Wildman–Crippen LogP) is 0.950. The fourth-order valence-corrected chi connectivity index (χ4v) is 5.25. The Bertz CT molecular complexity index is 607. The van der Waals surface area contributed by atoms with Crippen molar-refractivity contribution in [2.75, 3.05) is 20.1 Å². The van der Waals surface area contributed by atoms with Crippen LogP contribution in [0.25, 0.3) is 0 Å². The van der Waals surface area contributed by atoms with E-state index in [1.807, 2.05) is 7.05 Å². The van der Waals surface area contributed by atoms with Gasteiger partial charge in [-0.2, -0.15) is 4.31 Å². The Morgan fingerprint density at radius 3 is 2.43 bits per heavy atom. The number of carbonyl (C=O) groups excluding carboxylic acids is 1. The maximum Gasteiger partial charge on any atom is 0.258 e. The molecule has 1 aromatic heterocycles. The molecule has 0 atom stereocenters. The zero-order chi connectivity index (χ0) is 14.9. The highest BCUT2D eigenvalue weighted by Gasteiger charge is 2.31. The number of nitrogens with two attached hydrogens (primary N) is 1. The average Bonchev–Trinajstić information content (AvgIpc) is 2.82. The third kappa shape index (κ3) is 3.75. The van der Waals surface area contributed by atoms with Gasteiger partial charge in [-0.1, -0.05) is 0 Å². The Morgan fingerprint density at radius 2 is 2.00 bits per heavy atom. The van der Waals surface area contributed by atoms with Crippen molar-refractivity contribution in [1.82, 2.24) is 9.62 Å². The fraction of sp³-hybridized carbons (Fsp3) is 0.583. The van der Waals surface area contributed by atoms with Crippen molar-refractivity contribution in [2.24, 2.45) is 5.73 Å². The van der Waals surface area contributed by atoms with E-state index in [1.54, 1.807) is 6.92 Å². The number of thiophene rings is 1. The summed E-state index contributed by atoms with van der Waals surface area (Å²) in [6.45, 7) is 2.69. The fourth-order valence-electron chi connectivity index (χ4n) is 2.37. The molecular weight excluding hydrogens is 334 g/mol. The lowest BCUT2D eigenvalue weighted by Crippen LogP contribution is -2.43. The maximum absolute atomic E-state index is 12.6. The van der Waals surface area contributed by atoms with Crippen molar-refractivity contribution in [1.29, 1.82) is 0 Å². The van der Waals surface area contributed by atoms with Gasteiger partial charge >= 0.3 is 0 Å². The molecule has 0 bridgehead atoms. The summed E-state index contributed by atoms with van der Waals surface area (Å²) in [6.07, 6.45) is 1.59. The molecular formula is C12H20ClN3O3S2. The smallest absolute Gasteiger partial charge is 0.258 e. The van der Waals surface area contributed by atoms with Crippen molar-refractivity contribution in [3.05, 3.63) is 15.8 Å². The normalized spacial score (nSPS) is 17.4. The van der Waals surface area contributed by atoms with Crippen LogP contribution in [-0.4, -0.2) is 44.8 Å². The topological polar surface area (TPSA) is 92.5 Å². The van der Waals surface area contributed by atoms with E-state index in [2.05, 4.69) is 5.32 Å². The number of nitrogens with zero attached hydrogens (tertiary/aromatic N) is 1. The molecule has 120 valence electrons. The predicted molar refractivity (Wildman–Crippen MR) is 85.7 cm³/mol. The highest BCUT2D eigenvalue weighted by atomic mass is 35.5. The average molecular weight is 354 g/mol. The van der Waals surface area contributed by atoms with Crippen molar-refractivity contribution in [2.45, 2.75) is 30.7 Å². The highest BCUT2D eigenvalue weighted by molar-refractivity contribution is 7.89. The molecule has 1 aromatic rings. The number of rotatable bonds is 4. The van der Waals surface area contributed by atoms with Gasteiger partial charge < -0.3 is 11.1 Å².